The molecule has 0 saturated carbocycles. The van der Waals surface area contributed by atoms with Crippen LogP contribution in [0.3, 0.4) is 0 Å². The maximum Gasteiger partial charge on any atom is 0.141 e. The van der Waals surface area contributed by atoms with Crippen LogP contribution in [0.1, 0.15) is 26.3 Å². The number of rotatable bonds is 4. The summed E-state index contributed by atoms with van der Waals surface area (Å²) in [5.41, 5.74) is 1.04. The molecule has 0 spiro atoms. The van der Waals surface area contributed by atoms with Crippen molar-refractivity contribution < 1.29 is 4.39 Å². The number of nitrogens with one attached hydrogen (secondary N) is 1. The molecule has 0 atom stereocenters. The maximum atomic E-state index is 13.4. The second-order valence-corrected chi connectivity index (χ2v) is 6.07. The highest BCUT2D eigenvalue weighted by Crippen LogP contribution is 2.26. The van der Waals surface area contributed by atoms with Crippen LogP contribution in [-0.2, 0) is 6.54 Å². The Kier molecular flexibility index (Phi) is 4.60. The largest absolute Gasteiger partial charge is 0.353 e. The zero-order chi connectivity index (χ0) is 14.8. The van der Waals surface area contributed by atoms with E-state index in [1.165, 1.54) is 6.20 Å². The molecule has 1 saturated heterocycles. The van der Waals surface area contributed by atoms with Gasteiger partial charge >= 0.3 is 0 Å². The molecule has 1 aromatic rings. The summed E-state index contributed by atoms with van der Waals surface area (Å²) in [6.45, 7) is 10.9. The average Bonchev–Trinajstić information content (AvgIpc) is 2.39. The fourth-order valence-electron chi connectivity index (χ4n) is 2.57. The summed E-state index contributed by atoms with van der Waals surface area (Å²) in [7, 11) is 2.15. The van der Waals surface area contributed by atoms with Crippen LogP contribution in [0.4, 0.5) is 10.2 Å². The van der Waals surface area contributed by atoms with Crippen molar-refractivity contribution >= 4 is 5.82 Å². The number of hydrogen-bond acceptors (Lipinski definition) is 4. The number of hydrogen-bond donors (Lipinski definition) is 1. The van der Waals surface area contributed by atoms with Gasteiger partial charge in [-0.15, -0.1) is 0 Å². The molecule has 0 bridgehead atoms. The van der Waals surface area contributed by atoms with E-state index in [2.05, 4.69) is 41.0 Å². The van der Waals surface area contributed by atoms with E-state index in [1.807, 2.05) is 6.92 Å². The summed E-state index contributed by atoms with van der Waals surface area (Å²) in [5.74, 6) is 0.642. The van der Waals surface area contributed by atoms with E-state index in [4.69, 9.17) is 0 Å². The van der Waals surface area contributed by atoms with Crippen molar-refractivity contribution in [1.29, 1.82) is 0 Å². The number of likely N-dealkylation sites (N-methyl/N-ethyl adjacent to an activating group) is 1. The van der Waals surface area contributed by atoms with Gasteiger partial charge in [0.05, 0.1) is 6.20 Å². The zero-order valence-corrected chi connectivity index (χ0v) is 12.9. The second kappa shape index (κ2) is 6.06. The zero-order valence-electron chi connectivity index (χ0n) is 12.9. The predicted octanol–water partition coefficient (Wildman–Crippen LogP) is 1.86. The Bertz CT molecular complexity index is 461. The van der Waals surface area contributed by atoms with Gasteiger partial charge in [-0.3, -0.25) is 4.90 Å². The van der Waals surface area contributed by atoms with Crippen LogP contribution in [0.5, 0.6) is 0 Å². The van der Waals surface area contributed by atoms with Gasteiger partial charge in [0.15, 0.2) is 0 Å². The molecule has 0 aromatic carbocycles. The minimum atomic E-state index is -0.268. The minimum absolute atomic E-state index is 0.101. The molecule has 0 radical (unpaired) electrons. The van der Waals surface area contributed by atoms with E-state index in [-0.39, 0.29) is 11.4 Å². The van der Waals surface area contributed by atoms with E-state index >= 15 is 0 Å². The number of anilines is 1. The number of nitrogens with zero attached hydrogens (tertiary/aromatic N) is 3. The van der Waals surface area contributed by atoms with Crippen LogP contribution in [-0.4, -0.2) is 48.6 Å². The second-order valence-electron chi connectivity index (χ2n) is 6.07. The maximum absolute atomic E-state index is 13.4. The third-order valence-electron chi connectivity index (χ3n) is 4.09. The van der Waals surface area contributed by atoms with Crippen LogP contribution in [0.25, 0.3) is 0 Å². The molecule has 20 heavy (non-hydrogen) atoms. The normalized spacial score (nSPS) is 19.4. The SMILES string of the molecule is CCNCc1cc(F)cnc1N1CCN(C)C(C)(C)C1. The molecule has 2 rings (SSSR count). The Labute approximate surface area is 121 Å². The lowest BCUT2D eigenvalue weighted by atomic mass is 9.99. The van der Waals surface area contributed by atoms with Gasteiger partial charge in [0.25, 0.3) is 0 Å². The van der Waals surface area contributed by atoms with Crippen molar-refractivity contribution in [3.05, 3.63) is 23.6 Å². The van der Waals surface area contributed by atoms with Crippen LogP contribution >= 0.6 is 0 Å². The summed E-state index contributed by atoms with van der Waals surface area (Å²) in [6, 6.07) is 1.59. The molecular weight excluding hydrogens is 255 g/mol. The van der Waals surface area contributed by atoms with E-state index in [0.29, 0.717) is 6.54 Å². The van der Waals surface area contributed by atoms with Crippen LogP contribution in [0.15, 0.2) is 12.3 Å². The summed E-state index contributed by atoms with van der Waals surface area (Å²) >= 11 is 0. The summed E-state index contributed by atoms with van der Waals surface area (Å²) < 4.78 is 13.4. The first-order valence-corrected chi connectivity index (χ1v) is 7.25. The Morgan fingerprint density at radius 3 is 2.80 bits per heavy atom. The van der Waals surface area contributed by atoms with Crippen molar-refractivity contribution in [1.82, 2.24) is 15.2 Å². The van der Waals surface area contributed by atoms with Crippen molar-refractivity contribution in [2.75, 3.05) is 38.1 Å². The van der Waals surface area contributed by atoms with Crippen molar-refractivity contribution in [3.63, 3.8) is 0 Å². The predicted molar refractivity (Wildman–Crippen MR) is 80.5 cm³/mol. The summed E-state index contributed by atoms with van der Waals surface area (Å²) in [5, 5.41) is 3.26. The Morgan fingerprint density at radius 1 is 1.40 bits per heavy atom. The number of piperazine rings is 1. The van der Waals surface area contributed by atoms with Gasteiger partial charge in [-0.2, -0.15) is 0 Å². The number of halogens is 1. The van der Waals surface area contributed by atoms with Gasteiger partial charge in [0.1, 0.15) is 11.6 Å². The first-order valence-electron chi connectivity index (χ1n) is 7.25. The third-order valence-corrected chi connectivity index (χ3v) is 4.09. The van der Waals surface area contributed by atoms with Crippen LogP contribution < -0.4 is 10.2 Å². The van der Waals surface area contributed by atoms with Gasteiger partial charge < -0.3 is 10.2 Å². The van der Waals surface area contributed by atoms with Crippen molar-refractivity contribution in [2.24, 2.45) is 0 Å². The first-order chi connectivity index (χ1) is 9.44. The van der Waals surface area contributed by atoms with Gasteiger partial charge in [0, 0.05) is 37.3 Å². The third kappa shape index (κ3) is 3.27. The first kappa shape index (κ1) is 15.2. The molecule has 112 valence electrons. The minimum Gasteiger partial charge on any atom is -0.353 e. The molecule has 0 amide bonds. The molecule has 0 unspecified atom stereocenters. The summed E-state index contributed by atoms with van der Waals surface area (Å²) in [4.78, 5) is 8.97. The lowest BCUT2D eigenvalue weighted by Gasteiger charge is -2.46. The average molecular weight is 280 g/mol. The molecule has 1 aliphatic heterocycles. The van der Waals surface area contributed by atoms with E-state index in [1.54, 1.807) is 6.07 Å². The van der Waals surface area contributed by atoms with Gasteiger partial charge in [0.2, 0.25) is 0 Å². The highest BCUT2D eigenvalue weighted by molar-refractivity contribution is 5.48. The molecule has 4 nitrogen and oxygen atoms in total. The molecule has 2 heterocycles. The smallest absolute Gasteiger partial charge is 0.141 e. The number of aromatic nitrogens is 1. The fraction of sp³-hybridized carbons (Fsp3) is 0.667. The van der Waals surface area contributed by atoms with Gasteiger partial charge in [-0.1, -0.05) is 6.92 Å². The molecule has 0 aliphatic carbocycles. The standard InChI is InChI=1S/C15H25FN4/c1-5-17-9-12-8-13(16)10-18-14(12)20-7-6-19(4)15(2,3)11-20/h8,10,17H,5-7,9,11H2,1-4H3. The van der Waals surface area contributed by atoms with Crippen LogP contribution in [0.2, 0.25) is 0 Å². The molecule has 1 aliphatic rings. The van der Waals surface area contributed by atoms with Crippen molar-refractivity contribution in [2.45, 2.75) is 32.9 Å². The lowest BCUT2D eigenvalue weighted by molar-refractivity contribution is 0.138. The topological polar surface area (TPSA) is 31.4 Å². The Morgan fingerprint density at radius 2 is 2.15 bits per heavy atom. The highest BCUT2D eigenvalue weighted by atomic mass is 19.1. The van der Waals surface area contributed by atoms with Gasteiger partial charge in [-0.25, -0.2) is 9.37 Å². The molecular formula is C15H25FN4. The van der Waals surface area contributed by atoms with Gasteiger partial charge in [-0.05, 0) is 33.5 Å². The quantitative estimate of drug-likeness (QED) is 0.912. The van der Waals surface area contributed by atoms with E-state index < -0.39 is 0 Å². The van der Waals surface area contributed by atoms with E-state index in [0.717, 1.165) is 37.6 Å². The van der Waals surface area contributed by atoms with E-state index in [9.17, 15) is 4.39 Å². The molecule has 1 aromatic heterocycles. The Hall–Kier alpha value is -1.20. The lowest BCUT2D eigenvalue weighted by Crippen LogP contribution is -2.58. The fourth-order valence-corrected chi connectivity index (χ4v) is 2.57. The molecule has 1 fully saturated rings. The molecule has 5 heteroatoms. The number of pyridine rings is 1. The molecule has 1 N–H and O–H groups in total. The summed E-state index contributed by atoms with van der Waals surface area (Å²) in [6.07, 6.45) is 1.32. The monoisotopic (exact) mass is 280 g/mol. The van der Waals surface area contributed by atoms with Crippen LogP contribution in [0, 0.1) is 5.82 Å². The Balaban J connectivity index is 2.23. The highest BCUT2D eigenvalue weighted by Gasteiger charge is 2.32. The van der Waals surface area contributed by atoms with Crippen molar-refractivity contribution in [3.8, 4) is 0 Å².